The van der Waals surface area contributed by atoms with E-state index in [9.17, 15) is 9.59 Å². The van der Waals surface area contributed by atoms with Gasteiger partial charge in [0.1, 0.15) is 6.04 Å². The van der Waals surface area contributed by atoms with Crippen molar-refractivity contribution < 1.29 is 9.59 Å². The van der Waals surface area contributed by atoms with E-state index in [1.165, 1.54) is 7.05 Å². The van der Waals surface area contributed by atoms with Crippen LogP contribution in [-0.2, 0) is 9.59 Å². The molecule has 0 radical (unpaired) electrons. The number of fused-ring (bicyclic) bond motifs is 1. The van der Waals surface area contributed by atoms with Crippen LogP contribution in [-0.4, -0.2) is 34.8 Å². The van der Waals surface area contributed by atoms with Crippen molar-refractivity contribution in [2.45, 2.75) is 12.5 Å². The molecule has 0 spiro atoms. The maximum atomic E-state index is 11.9. The Morgan fingerprint density at radius 1 is 1.35 bits per heavy atom. The molecule has 0 bridgehead atoms. The van der Waals surface area contributed by atoms with Crippen molar-refractivity contribution in [2.75, 3.05) is 18.1 Å². The van der Waals surface area contributed by atoms with E-state index in [4.69, 9.17) is 5.73 Å². The number of nitrogens with two attached hydrogens (primary N) is 1. The molecular formula is C14H14N4O2. The molecule has 0 aliphatic carbocycles. The van der Waals surface area contributed by atoms with Crippen LogP contribution in [0.2, 0.25) is 0 Å². The topological polar surface area (TPSA) is 88.3 Å². The van der Waals surface area contributed by atoms with Gasteiger partial charge in [-0.25, -0.2) is 0 Å². The lowest BCUT2D eigenvalue weighted by Gasteiger charge is -2.15. The summed E-state index contributed by atoms with van der Waals surface area (Å²) < 4.78 is 0. The molecule has 1 aliphatic rings. The minimum absolute atomic E-state index is 0.156. The Bertz CT molecular complexity index is 713. The van der Waals surface area contributed by atoms with Crippen LogP contribution in [0.3, 0.4) is 0 Å². The monoisotopic (exact) mass is 270 g/mol. The van der Waals surface area contributed by atoms with E-state index in [1.807, 2.05) is 12.1 Å². The lowest BCUT2D eigenvalue weighted by molar-refractivity contribution is -0.136. The highest BCUT2D eigenvalue weighted by Gasteiger charge is 2.36. The number of imide groups is 1. The number of amides is 2. The third-order valence-corrected chi connectivity index (χ3v) is 3.57. The first kappa shape index (κ1) is 12.4. The quantitative estimate of drug-likeness (QED) is 0.627. The number of rotatable bonds is 2. The van der Waals surface area contributed by atoms with E-state index in [0.717, 1.165) is 15.7 Å². The van der Waals surface area contributed by atoms with E-state index >= 15 is 0 Å². The Morgan fingerprint density at radius 3 is 2.85 bits per heavy atom. The SMILES string of the molecule is CN1C(=O)CC(Nc2ccc3cnccc3c2N)C1=O. The van der Waals surface area contributed by atoms with Crippen molar-refractivity contribution in [3.63, 3.8) is 0 Å². The first-order valence-corrected chi connectivity index (χ1v) is 6.27. The first-order valence-electron chi connectivity index (χ1n) is 6.27. The Kier molecular flexibility index (Phi) is 2.78. The summed E-state index contributed by atoms with van der Waals surface area (Å²) in [5.74, 6) is -0.416. The third kappa shape index (κ3) is 1.85. The number of nitrogens with one attached hydrogen (secondary N) is 1. The minimum atomic E-state index is -0.547. The van der Waals surface area contributed by atoms with E-state index in [2.05, 4.69) is 10.3 Å². The number of carbonyl (C=O) groups is 2. The van der Waals surface area contributed by atoms with E-state index < -0.39 is 6.04 Å². The Labute approximate surface area is 115 Å². The third-order valence-electron chi connectivity index (χ3n) is 3.57. The molecule has 3 rings (SSSR count). The Balaban J connectivity index is 1.94. The fourth-order valence-corrected chi connectivity index (χ4v) is 2.37. The van der Waals surface area contributed by atoms with Crippen molar-refractivity contribution in [3.8, 4) is 0 Å². The molecule has 6 nitrogen and oxygen atoms in total. The van der Waals surface area contributed by atoms with Crippen LogP contribution < -0.4 is 11.1 Å². The highest BCUT2D eigenvalue weighted by molar-refractivity contribution is 6.07. The van der Waals surface area contributed by atoms with Crippen LogP contribution >= 0.6 is 0 Å². The molecule has 3 N–H and O–H groups in total. The number of likely N-dealkylation sites (N-methyl/N-ethyl adjacent to an activating group) is 1. The molecule has 1 unspecified atom stereocenters. The number of aromatic nitrogens is 1. The van der Waals surface area contributed by atoms with Crippen molar-refractivity contribution in [2.24, 2.45) is 0 Å². The Morgan fingerprint density at radius 2 is 2.15 bits per heavy atom. The molecule has 0 saturated carbocycles. The van der Waals surface area contributed by atoms with Gasteiger partial charge in [0.2, 0.25) is 5.91 Å². The number of hydrogen-bond acceptors (Lipinski definition) is 5. The number of anilines is 2. The number of hydrogen-bond donors (Lipinski definition) is 2. The van der Waals surface area contributed by atoms with Crippen LogP contribution in [0, 0.1) is 0 Å². The molecule has 1 aliphatic heterocycles. The second-order valence-corrected chi connectivity index (χ2v) is 4.82. The number of likely N-dealkylation sites (tertiary alicyclic amines) is 1. The molecule has 2 amide bonds. The van der Waals surface area contributed by atoms with Gasteiger partial charge in [-0.05, 0) is 12.1 Å². The largest absolute Gasteiger partial charge is 0.397 e. The second-order valence-electron chi connectivity index (χ2n) is 4.82. The Hall–Kier alpha value is -2.63. The standard InChI is InChI=1S/C14H14N4O2/c1-18-12(19)6-11(14(18)20)17-10-3-2-8-7-16-5-4-9(8)13(10)15/h2-5,7,11,17H,6,15H2,1H3. The summed E-state index contributed by atoms with van der Waals surface area (Å²) in [5, 5.41) is 4.86. The molecule has 20 heavy (non-hydrogen) atoms. The molecule has 1 atom stereocenters. The van der Waals surface area contributed by atoms with Gasteiger partial charge in [-0.1, -0.05) is 6.07 Å². The zero-order chi connectivity index (χ0) is 14.3. The lowest BCUT2D eigenvalue weighted by atomic mass is 10.1. The number of nitrogens with zero attached hydrogens (tertiary/aromatic N) is 2. The summed E-state index contributed by atoms with van der Waals surface area (Å²) in [5.41, 5.74) is 7.32. The predicted molar refractivity (Wildman–Crippen MR) is 76.0 cm³/mol. The summed E-state index contributed by atoms with van der Waals surface area (Å²) in [6.45, 7) is 0. The maximum Gasteiger partial charge on any atom is 0.251 e. The molecule has 1 saturated heterocycles. The molecule has 2 heterocycles. The zero-order valence-corrected chi connectivity index (χ0v) is 11.0. The first-order chi connectivity index (χ1) is 9.58. The van der Waals surface area contributed by atoms with Crippen LogP contribution in [0.4, 0.5) is 11.4 Å². The highest BCUT2D eigenvalue weighted by Crippen LogP contribution is 2.29. The summed E-state index contributed by atoms with van der Waals surface area (Å²) in [4.78, 5) is 28.6. The number of benzene rings is 1. The van der Waals surface area contributed by atoms with Gasteiger partial charge in [-0.2, -0.15) is 0 Å². The normalized spacial score (nSPS) is 18.9. The maximum absolute atomic E-state index is 11.9. The van der Waals surface area contributed by atoms with Crippen molar-refractivity contribution in [1.29, 1.82) is 0 Å². The number of carbonyl (C=O) groups excluding carboxylic acids is 2. The van der Waals surface area contributed by atoms with Crippen molar-refractivity contribution >= 4 is 34.0 Å². The lowest BCUT2D eigenvalue weighted by Crippen LogP contribution is -2.32. The van der Waals surface area contributed by atoms with Gasteiger partial charge in [-0.3, -0.25) is 19.5 Å². The summed E-state index contributed by atoms with van der Waals surface area (Å²) in [7, 11) is 1.49. The zero-order valence-electron chi connectivity index (χ0n) is 11.0. The fourth-order valence-electron chi connectivity index (χ4n) is 2.37. The smallest absolute Gasteiger partial charge is 0.251 e. The van der Waals surface area contributed by atoms with Crippen molar-refractivity contribution in [3.05, 3.63) is 30.6 Å². The molecule has 1 fully saturated rings. The van der Waals surface area contributed by atoms with Gasteiger partial charge < -0.3 is 11.1 Å². The van der Waals surface area contributed by atoms with Gasteiger partial charge in [0, 0.05) is 30.2 Å². The number of pyridine rings is 1. The minimum Gasteiger partial charge on any atom is -0.397 e. The van der Waals surface area contributed by atoms with Crippen molar-refractivity contribution in [1.82, 2.24) is 9.88 Å². The molecule has 6 heteroatoms. The molecular weight excluding hydrogens is 256 g/mol. The van der Waals surface area contributed by atoms with Gasteiger partial charge in [0.05, 0.1) is 17.8 Å². The van der Waals surface area contributed by atoms with Crippen LogP contribution in [0.5, 0.6) is 0 Å². The van der Waals surface area contributed by atoms with Gasteiger partial charge in [0.25, 0.3) is 5.91 Å². The van der Waals surface area contributed by atoms with E-state index in [-0.39, 0.29) is 18.2 Å². The van der Waals surface area contributed by atoms with Crippen LogP contribution in [0.15, 0.2) is 30.6 Å². The van der Waals surface area contributed by atoms with Crippen LogP contribution in [0.25, 0.3) is 10.8 Å². The highest BCUT2D eigenvalue weighted by atomic mass is 16.2. The second kappa shape index (κ2) is 4.48. The molecule has 1 aromatic carbocycles. The summed E-state index contributed by atoms with van der Waals surface area (Å²) in [6, 6.07) is 4.96. The summed E-state index contributed by atoms with van der Waals surface area (Å²) >= 11 is 0. The molecule has 1 aromatic heterocycles. The molecule has 2 aromatic rings. The van der Waals surface area contributed by atoms with Crippen LogP contribution in [0.1, 0.15) is 6.42 Å². The summed E-state index contributed by atoms with van der Waals surface area (Å²) in [6.07, 6.45) is 3.55. The molecule has 102 valence electrons. The fraction of sp³-hybridized carbons (Fsp3) is 0.214. The average molecular weight is 270 g/mol. The van der Waals surface area contributed by atoms with E-state index in [0.29, 0.717) is 11.4 Å². The predicted octanol–water partition coefficient (Wildman–Crippen LogP) is 0.986. The number of nitrogen functional groups attached to an aromatic ring is 1. The van der Waals surface area contributed by atoms with Gasteiger partial charge in [-0.15, -0.1) is 0 Å². The van der Waals surface area contributed by atoms with Gasteiger partial charge in [0.15, 0.2) is 0 Å². The average Bonchev–Trinajstić information content (AvgIpc) is 2.70. The van der Waals surface area contributed by atoms with E-state index in [1.54, 1.807) is 18.5 Å². The van der Waals surface area contributed by atoms with Gasteiger partial charge >= 0.3 is 0 Å².